The summed E-state index contributed by atoms with van der Waals surface area (Å²) < 4.78 is 15.4. The van der Waals surface area contributed by atoms with E-state index in [-0.39, 0.29) is 23.6 Å². The van der Waals surface area contributed by atoms with Gasteiger partial charge in [-0.2, -0.15) is 0 Å². The van der Waals surface area contributed by atoms with Crippen LogP contribution in [-0.4, -0.2) is 63.2 Å². The molecule has 0 radical (unpaired) electrons. The summed E-state index contributed by atoms with van der Waals surface area (Å²) in [6.45, 7) is 4.50. The van der Waals surface area contributed by atoms with Crippen LogP contribution in [0.15, 0.2) is 48.2 Å². The van der Waals surface area contributed by atoms with Crippen molar-refractivity contribution in [3.8, 4) is 0 Å². The SMILES string of the molecule is Cc1cccn2c(C)c(/C(O)=C3\C(=O)C(=O)N(CCN(C)C)C3c3ccc(F)cc3)nc12. The van der Waals surface area contributed by atoms with Gasteiger partial charge < -0.3 is 19.3 Å². The lowest BCUT2D eigenvalue weighted by Crippen LogP contribution is -2.35. The number of likely N-dealkylation sites (N-methyl/N-ethyl adjacent to an activating group) is 1. The molecule has 166 valence electrons. The molecule has 1 aliphatic rings. The summed E-state index contributed by atoms with van der Waals surface area (Å²) in [5, 5.41) is 11.3. The van der Waals surface area contributed by atoms with Crippen LogP contribution in [0.2, 0.25) is 0 Å². The average molecular weight is 436 g/mol. The molecule has 3 aromatic rings. The number of aromatic nitrogens is 2. The van der Waals surface area contributed by atoms with E-state index < -0.39 is 23.5 Å². The van der Waals surface area contributed by atoms with Crippen molar-refractivity contribution in [2.75, 3.05) is 27.2 Å². The maximum Gasteiger partial charge on any atom is 0.295 e. The summed E-state index contributed by atoms with van der Waals surface area (Å²) in [5.74, 6) is -2.22. The third kappa shape index (κ3) is 3.56. The number of aliphatic hydroxyl groups is 1. The number of carbonyl (C=O) groups excluding carboxylic acids is 2. The van der Waals surface area contributed by atoms with Crippen LogP contribution in [0.25, 0.3) is 11.4 Å². The van der Waals surface area contributed by atoms with Crippen LogP contribution in [0.3, 0.4) is 0 Å². The number of halogens is 1. The topological polar surface area (TPSA) is 78.2 Å². The molecule has 4 rings (SSSR count). The van der Waals surface area contributed by atoms with Crippen molar-refractivity contribution in [2.24, 2.45) is 0 Å². The normalized spacial score (nSPS) is 18.3. The molecule has 1 amide bonds. The van der Waals surface area contributed by atoms with E-state index in [0.29, 0.717) is 23.4 Å². The Morgan fingerprint density at radius 2 is 1.84 bits per heavy atom. The Labute approximate surface area is 185 Å². The number of imidazole rings is 1. The minimum Gasteiger partial charge on any atom is -0.505 e. The molecular formula is C24H25FN4O3. The number of aliphatic hydroxyl groups excluding tert-OH is 1. The number of benzene rings is 1. The number of fused-ring (bicyclic) bond motifs is 1. The summed E-state index contributed by atoms with van der Waals surface area (Å²) in [6, 6.07) is 8.57. The number of hydrogen-bond acceptors (Lipinski definition) is 5. The lowest BCUT2D eigenvalue weighted by molar-refractivity contribution is -0.140. The second kappa shape index (κ2) is 8.20. The quantitative estimate of drug-likeness (QED) is 0.378. The summed E-state index contributed by atoms with van der Waals surface area (Å²) in [7, 11) is 3.73. The summed E-state index contributed by atoms with van der Waals surface area (Å²) >= 11 is 0. The number of aryl methyl sites for hydroxylation is 2. The predicted octanol–water partition coefficient (Wildman–Crippen LogP) is 3.07. The summed E-state index contributed by atoms with van der Waals surface area (Å²) in [6.07, 6.45) is 1.83. The van der Waals surface area contributed by atoms with Crippen molar-refractivity contribution in [3.63, 3.8) is 0 Å². The molecule has 0 saturated carbocycles. The highest BCUT2D eigenvalue weighted by atomic mass is 19.1. The van der Waals surface area contributed by atoms with E-state index in [2.05, 4.69) is 4.98 Å². The van der Waals surface area contributed by atoms with Gasteiger partial charge in [0, 0.05) is 19.3 Å². The van der Waals surface area contributed by atoms with Gasteiger partial charge in [0.25, 0.3) is 11.7 Å². The lowest BCUT2D eigenvalue weighted by atomic mass is 9.96. The summed E-state index contributed by atoms with van der Waals surface area (Å²) in [5.41, 5.74) is 2.98. The number of rotatable bonds is 5. The number of Topliss-reactive ketones (excluding diaryl/α,β-unsaturated/α-hetero) is 1. The second-order valence-corrected chi connectivity index (χ2v) is 8.28. The highest BCUT2D eigenvalue weighted by Crippen LogP contribution is 2.39. The minimum absolute atomic E-state index is 0.0375. The highest BCUT2D eigenvalue weighted by molar-refractivity contribution is 6.46. The van der Waals surface area contributed by atoms with Gasteiger partial charge in [-0.3, -0.25) is 9.59 Å². The minimum atomic E-state index is -0.833. The lowest BCUT2D eigenvalue weighted by Gasteiger charge is -2.26. The van der Waals surface area contributed by atoms with E-state index in [0.717, 1.165) is 5.56 Å². The van der Waals surface area contributed by atoms with Crippen LogP contribution in [0.4, 0.5) is 4.39 Å². The molecule has 32 heavy (non-hydrogen) atoms. The van der Waals surface area contributed by atoms with E-state index in [1.165, 1.54) is 29.2 Å². The Morgan fingerprint density at radius 3 is 2.47 bits per heavy atom. The molecule has 7 nitrogen and oxygen atoms in total. The van der Waals surface area contributed by atoms with Crippen molar-refractivity contribution in [2.45, 2.75) is 19.9 Å². The van der Waals surface area contributed by atoms with Gasteiger partial charge in [-0.05, 0) is 57.3 Å². The van der Waals surface area contributed by atoms with Crippen LogP contribution in [0.1, 0.15) is 28.6 Å². The Bertz CT molecular complexity index is 1240. The fourth-order valence-corrected chi connectivity index (χ4v) is 4.08. The van der Waals surface area contributed by atoms with Crippen molar-refractivity contribution in [3.05, 3.63) is 76.5 Å². The Kier molecular flexibility index (Phi) is 5.56. The van der Waals surface area contributed by atoms with E-state index in [4.69, 9.17) is 0 Å². The number of hydrogen-bond donors (Lipinski definition) is 1. The van der Waals surface area contributed by atoms with Crippen molar-refractivity contribution < 1.29 is 19.1 Å². The molecule has 2 aromatic heterocycles. The molecular weight excluding hydrogens is 411 g/mol. The zero-order valence-corrected chi connectivity index (χ0v) is 18.5. The van der Waals surface area contributed by atoms with Crippen LogP contribution >= 0.6 is 0 Å². The van der Waals surface area contributed by atoms with E-state index in [1.807, 2.05) is 48.6 Å². The van der Waals surface area contributed by atoms with Crippen molar-refractivity contribution in [1.82, 2.24) is 19.2 Å². The number of carbonyl (C=O) groups is 2. The molecule has 1 aromatic carbocycles. The third-order valence-corrected chi connectivity index (χ3v) is 5.82. The molecule has 1 N–H and O–H groups in total. The van der Waals surface area contributed by atoms with Gasteiger partial charge in [-0.1, -0.05) is 18.2 Å². The fraction of sp³-hybridized carbons (Fsp3) is 0.292. The van der Waals surface area contributed by atoms with Gasteiger partial charge in [0.2, 0.25) is 0 Å². The van der Waals surface area contributed by atoms with E-state index in [9.17, 15) is 19.1 Å². The number of nitrogens with zero attached hydrogens (tertiary/aromatic N) is 4. The first-order chi connectivity index (χ1) is 15.2. The molecule has 1 unspecified atom stereocenters. The first kappa shape index (κ1) is 21.7. The average Bonchev–Trinajstić information content (AvgIpc) is 3.22. The third-order valence-electron chi connectivity index (χ3n) is 5.82. The van der Waals surface area contributed by atoms with Crippen LogP contribution in [0, 0.1) is 19.7 Å². The van der Waals surface area contributed by atoms with E-state index in [1.54, 1.807) is 6.92 Å². The zero-order valence-electron chi connectivity index (χ0n) is 18.5. The number of ketones is 1. The maximum absolute atomic E-state index is 13.6. The number of pyridine rings is 1. The van der Waals surface area contributed by atoms with Gasteiger partial charge in [0.15, 0.2) is 5.76 Å². The number of likely N-dealkylation sites (tertiary alicyclic amines) is 1. The van der Waals surface area contributed by atoms with Gasteiger partial charge >= 0.3 is 0 Å². The van der Waals surface area contributed by atoms with Gasteiger partial charge in [-0.25, -0.2) is 9.37 Å². The van der Waals surface area contributed by atoms with Gasteiger partial charge in [0.05, 0.1) is 17.3 Å². The molecule has 1 atom stereocenters. The molecule has 1 aliphatic heterocycles. The predicted molar refractivity (Wildman–Crippen MR) is 119 cm³/mol. The monoisotopic (exact) mass is 436 g/mol. The van der Waals surface area contributed by atoms with Crippen molar-refractivity contribution >= 4 is 23.1 Å². The van der Waals surface area contributed by atoms with Gasteiger partial charge in [-0.15, -0.1) is 0 Å². The first-order valence-corrected chi connectivity index (χ1v) is 10.3. The Hall–Kier alpha value is -3.52. The fourth-order valence-electron chi connectivity index (χ4n) is 4.08. The standard InChI is InChI=1S/C24H25FN4O3/c1-14-6-5-11-28-15(2)19(26-23(14)28)21(30)18-20(16-7-9-17(25)10-8-16)29(13-12-27(3)4)24(32)22(18)31/h5-11,20,30H,12-13H2,1-4H3/b21-18+. The van der Waals surface area contributed by atoms with Crippen molar-refractivity contribution in [1.29, 1.82) is 0 Å². The maximum atomic E-state index is 13.6. The first-order valence-electron chi connectivity index (χ1n) is 10.3. The van der Waals surface area contributed by atoms with Crippen LogP contribution in [-0.2, 0) is 9.59 Å². The van der Waals surface area contributed by atoms with Crippen LogP contribution in [0.5, 0.6) is 0 Å². The molecule has 1 saturated heterocycles. The van der Waals surface area contributed by atoms with Crippen LogP contribution < -0.4 is 0 Å². The summed E-state index contributed by atoms with van der Waals surface area (Å²) in [4.78, 5) is 33.9. The second-order valence-electron chi connectivity index (χ2n) is 8.28. The Morgan fingerprint density at radius 1 is 1.16 bits per heavy atom. The largest absolute Gasteiger partial charge is 0.505 e. The van der Waals surface area contributed by atoms with Gasteiger partial charge in [0.1, 0.15) is 17.2 Å². The molecule has 1 fully saturated rings. The smallest absolute Gasteiger partial charge is 0.295 e. The highest BCUT2D eigenvalue weighted by Gasteiger charge is 2.46. The molecule has 3 heterocycles. The molecule has 0 bridgehead atoms. The zero-order chi connectivity index (χ0) is 23.2. The number of amides is 1. The van der Waals surface area contributed by atoms with E-state index >= 15 is 0 Å². The molecule has 8 heteroatoms. The molecule has 0 aliphatic carbocycles. The Balaban J connectivity index is 1.91. The molecule has 0 spiro atoms.